The zero-order valence-corrected chi connectivity index (χ0v) is 21.9. The molecule has 196 valence electrons. The van der Waals surface area contributed by atoms with Crippen LogP contribution in [0, 0.1) is 5.92 Å². The molecule has 7 heteroatoms. The molecule has 0 radical (unpaired) electrons. The average molecular weight is 500 g/mol. The number of benzene rings is 1. The number of carbonyl (C=O) groups excluding carboxylic acids is 2. The summed E-state index contributed by atoms with van der Waals surface area (Å²) in [5, 5.41) is 0. The van der Waals surface area contributed by atoms with Crippen molar-refractivity contribution in [2.45, 2.75) is 90.4 Å². The normalized spacial score (nSPS) is 19.2. The third kappa shape index (κ3) is 5.12. The lowest BCUT2D eigenvalue weighted by atomic mass is 9.74. The van der Waals surface area contributed by atoms with Gasteiger partial charge in [-0.25, -0.2) is 8.78 Å². The van der Waals surface area contributed by atoms with Crippen LogP contribution in [-0.2, 0) is 15.0 Å². The molecule has 2 aliphatic heterocycles. The van der Waals surface area contributed by atoms with Crippen LogP contribution in [0.3, 0.4) is 0 Å². The summed E-state index contributed by atoms with van der Waals surface area (Å²) in [6.07, 6.45) is 3.91. The molecule has 2 heterocycles. The van der Waals surface area contributed by atoms with Crippen LogP contribution in [0.1, 0.15) is 84.1 Å². The summed E-state index contributed by atoms with van der Waals surface area (Å²) in [5.41, 5.74) is 4.41. The van der Waals surface area contributed by atoms with Crippen LogP contribution in [0.25, 0.3) is 0 Å². The number of para-hydroxylation sites is 1. The number of allylic oxidation sites excluding steroid dienone is 2. The van der Waals surface area contributed by atoms with E-state index in [4.69, 9.17) is 4.99 Å². The Bertz CT molecular complexity index is 1040. The van der Waals surface area contributed by atoms with Crippen molar-refractivity contribution in [1.29, 1.82) is 0 Å². The maximum atomic E-state index is 13.9. The minimum absolute atomic E-state index is 0.0000954. The zero-order valence-electron chi connectivity index (χ0n) is 21.9. The molecule has 0 unspecified atom stereocenters. The first-order chi connectivity index (χ1) is 17.3. The van der Waals surface area contributed by atoms with E-state index in [-0.39, 0.29) is 24.2 Å². The average Bonchev–Trinajstić information content (AvgIpc) is 3.34. The second kappa shape index (κ2) is 11.2. The fourth-order valence-corrected chi connectivity index (χ4v) is 5.92. The summed E-state index contributed by atoms with van der Waals surface area (Å²) in [5.74, 6) is 0.161. The molecule has 4 rings (SSSR count). The summed E-state index contributed by atoms with van der Waals surface area (Å²) >= 11 is 0. The van der Waals surface area contributed by atoms with Crippen molar-refractivity contribution in [2.75, 3.05) is 24.5 Å². The second-order valence-corrected chi connectivity index (χ2v) is 10.6. The van der Waals surface area contributed by atoms with E-state index < -0.39 is 11.8 Å². The predicted octanol–water partition coefficient (Wildman–Crippen LogP) is 6.27. The second-order valence-electron chi connectivity index (χ2n) is 10.6. The number of nitrogens with zero attached hydrogens (tertiary/aromatic N) is 3. The van der Waals surface area contributed by atoms with Crippen LogP contribution in [0.4, 0.5) is 14.5 Å². The molecule has 1 aromatic carbocycles. The Morgan fingerprint density at radius 3 is 2.47 bits per heavy atom. The smallest absolute Gasteiger partial charge is 0.241 e. The van der Waals surface area contributed by atoms with Gasteiger partial charge in [-0.05, 0) is 69.9 Å². The number of anilines is 1. The number of carbonyl (C=O) groups is 2. The van der Waals surface area contributed by atoms with Crippen LogP contribution in [-0.4, -0.2) is 48.5 Å². The summed E-state index contributed by atoms with van der Waals surface area (Å²) in [4.78, 5) is 35.5. The molecule has 1 spiro atoms. The maximum absolute atomic E-state index is 13.9. The van der Waals surface area contributed by atoms with E-state index >= 15 is 0 Å². The molecule has 1 fully saturated rings. The molecule has 0 N–H and O–H groups in total. The molecule has 0 saturated carbocycles. The van der Waals surface area contributed by atoms with Gasteiger partial charge in [-0.15, -0.1) is 0 Å². The number of amides is 2. The largest absolute Gasteiger partial charge is 0.339 e. The molecule has 36 heavy (non-hydrogen) atoms. The number of hydrogen-bond acceptors (Lipinski definition) is 3. The van der Waals surface area contributed by atoms with Gasteiger partial charge in [-0.3, -0.25) is 14.6 Å². The first kappa shape index (κ1) is 26.5. The Labute approximate surface area is 213 Å². The number of unbranched alkanes of at least 4 members (excludes halogenated alkanes) is 1. The molecule has 1 aromatic rings. The Kier molecular flexibility index (Phi) is 8.26. The number of alkyl halides is 2. The van der Waals surface area contributed by atoms with Crippen molar-refractivity contribution in [1.82, 2.24) is 4.90 Å². The molecule has 0 atom stereocenters. The highest BCUT2D eigenvalue weighted by Gasteiger charge is 2.59. The van der Waals surface area contributed by atoms with Gasteiger partial charge >= 0.3 is 0 Å². The summed E-state index contributed by atoms with van der Waals surface area (Å²) in [6.45, 7) is 7.36. The molecule has 0 bridgehead atoms. The van der Waals surface area contributed by atoms with Gasteiger partial charge in [-0.1, -0.05) is 37.6 Å². The Morgan fingerprint density at radius 1 is 1.11 bits per heavy atom. The lowest BCUT2D eigenvalue weighted by Crippen LogP contribution is -2.66. The summed E-state index contributed by atoms with van der Waals surface area (Å²) in [6, 6.07) is 7.87. The van der Waals surface area contributed by atoms with Crippen molar-refractivity contribution < 1.29 is 18.4 Å². The zero-order chi connectivity index (χ0) is 25.9. The van der Waals surface area contributed by atoms with E-state index in [2.05, 4.69) is 6.92 Å². The molecule has 1 aliphatic carbocycles. The Morgan fingerprint density at radius 2 is 1.83 bits per heavy atom. The van der Waals surface area contributed by atoms with Crippen LogP contribution >= 0.6 is 0 Å². The third-order valence-corrected chi connectivity index (χ3v) is 8.16. The van der Waals surface area contributed by atoms with Crippen molar-refractivity contribution in [3.63, 3.8) is 0 Å². The quantitative estimate of drug-likeness (QED) is 0.266. The van der Waals surface area contributed by atoms with Crippen LogP contribution < -0.4 is 4.90 Å². The monoisotopic (exact) mass is 499 g/mol. The van der Waals surface area contributed by atoms with Crippen LogP contribution in [0.5, 0.6) is 0 Å². The predicted molar refractivity (Wildman–Crippen MR) is 140 cm³/mol. The molecule has 2 amide bonds. The van der Waals surface area contributed by atoms with E-state index in [1.54, 1.807) is 0 Å². The lowest BCUT2D eigenvalue weighted by Gasteiger charge is -2.48. The van der Waals surface area contributed by atoms with Crippen molar-refractivity contribution >= 4 is 23.2 Å². The summed E-state index contributed by atoms with van der Waals surface area (Å²) < 4.78 is 25.4. The standard InChI is InChI=1S/C29H39F2N3O2/c1-4-21(5-2)27(35)33-18-29(19-33)23-13-7-8-15-25(23)34(28(29)36)17-22(12-6-9-16-26(30)31)32-24-14-10-11-20(24)3/h7-8,13,15,21,26H,4-6,9-12,14,16-19H2,1-3H3. The number of halogens is 2. The molecule has 3 aliphatic rings. The van der Waals surface area contributed by atoms with E-state index in [1.807, 2.05) is 47.9 Å². The first-order valence-electron chi connectivity index (χ1n) is 13.5. The van der Waals surface area contributed by atoms with E-state index in [1.165, 1.54) is 5.57 Å². The van der Waals surface area contributed by atoms with Gasteiger partial charge < -0.3 is 9.80 Å². The van der Waals surface area contributed by atoms with Gasteiger partial charge in [0.15, 0.2) is 0 Å². The fraction of sp³-hybridized carbons (Fsp3) is 0.621. The molecule has 1 saturated heterocycles. The van der Waals surface area contributed by atoms with E-state index in [9.17, 15) is 18.4 Å². The topological polar surface area (TPSA) is 53.0 Å². The van der Waals surface area contributed by atoms with Crippen molar-refractivity contribution in [3.8, 4) is 0 Å². The maximum Gasteiger partial charge on any atom is 0.241 e. The van der Waals surface area contributed by atoms with Gasteiger partial charge in [0.1, 0.15) is 5.41 Å². The molecule has 0 aromatic heterocycles. The highest BCUT2D eigenvalue weighted by atomic mass is 19.3. The van der Waals surface area contributed by atoms with Crippen LogP contribution in [0.15, 0.2) is 40.5 Å². The third-order valence-electron chi connectivity index (χ3n) is 8.16. The van der Waals surface area contributed by atoms with Gasteiger partial charge in [0.05, 0.1) is 6.54 Å². The Hall–Kier alpha value is -2.57. The van der Waals surface area contributed by atoms with Crippen molar-refractivity contribution in [2.24, 2.45) is 10.9 Å². The number of aliphatic imine (C=N–C) groups is 1. The molecular formula is C29H39F2N3O2. The number of hydrogen-bond donors (Lipinski definition) is 0. The minimum atomic E-state index is -2.29. The number of likely N-dealkylation sites (tertiary alicyclic amines) is 1. The summed E-state index contributed by atoms with van der Waals surface area (Å²) in [7, 11) is 0. The highest BCUT2D eigenvalue weighted by Crippen LogP contribution is 2.48. The van der Waals surface area contributed by atoms with Gasteiger partial charge in [0, 0.05) is 42.5 Å². The lowest BCUT2D eigenvalue weighted by molar-refractivity contribution is -0.147. The van der Waals surface area contributed by atoms with Crippen molar-refractivity contribution in [3.05, 3.63) is 41.1 Å². The minimum Gasteiger partial charge on any atom is -0.339 e. The van der Waals surface area contributed by atoms with Gasteiger partial charge in [0.2, 0.25) is 18.2 Å². The number of fused-ring (bicyclic) bond motifs is 2. The molecule has 5 nitrogen and oxygen atoms in total. The van der Waals surface area contributed by atoms with Crippen LogP contribution in [0.2, 0.25) is 0 Å². The fourth-order valence-electron chi connectivity index (χ4n) is 5.92. The van der Waals surface area contributed by atoms with Gasteiger partial charge in [-0.2, -0.15) is 0 Å². The first-order valence-corrected chi connectivity index (χ1v) is 13.5. The van der Waals surface area contributed by atoms with Gasteiger partial charge in [0.25, 0.3) is 0 Å². The SMILES string of the molecule is CCC(CC)C(=O)N1CC2(C1)C(=O)N(CC(CCCCC(F)F)=NC1=C(C)CCC1)c1ccccc12. The highest BCUT2D eigenvalue weighted by molar-refractivity contribution is 6.13. The van der Waals surface area contributed by atoms with E-state index in [0.717, 1.165) is 54.8 Å². The van der Waals surface area contributed by atoms with E-state index in [0.29, 0.717) is 38.9 Å². The Balaban J connectivity index is 1.55. The molecular weight excluding hydrogens is 460 g/mol. The number of rotatable bonds is 11.